The molecule has 0 amide bonds. The summed E-state index contributed by atoms with van der Waals surface area (Å²) in [7, 11) is 0. The van der Waals surface area contributed by atoms with Crippen LogP contribution in [0.3, 0.4) is 0 Å². The van der Waals surface area contributed by atoms with Gasteiger partial charge in [0.25, 0.3) is 6.29 Å². The zero-order chi connectivity index (χ0) is 15.2. The van der Waals surface area contributed by atoms with Crippen LogP contribution >= 0.6 is 0 Å². The average molecular weight is 288 g/mol. The van der Waals surface area contributed by atoms with E-state index in [2.05, 4.69) is 0 Å². The van der Waals surface area contributed by atoms with Gasteiger partial charge in [0.15, 0.2) is 11.3 Å². The number of allylic oxidation sites excluding steroid dienone is 1. The van der Waals surface area contributed by atoms with Gasteiger partial charge in [-0.3, -0.25) is 0 Å². The highest BCUT2D eigenvalue weighted by atomic mass is 16.7. The van der Waals surface area contributed by atoms with Gasteiger partial charge in [0.1, 0.15) is 0 Å². The van der Waals surface area contributed by atoms with Gasteiger partial charge in [0.05, 0.1) is 6.61 Å². The molecule has 5 nitrogen and oxygen atoms in total. The summed E-state index contributed by atoms with van der Waals surface area (Å²) in [6.45, 7) is 3.61. The molecule has 0 fully saturated rings. The first-order valence-corrected chi connectivity index (χ1v) is 6.64. The van der Waals surface area contributed by atoms with Crippen LogP contribution in [0.5, 0.6) is 0 Å². The van der Waals surface area contributed by atoms with Gasteiger partial charge in [0, 0.05) is 5.56 Å². The van der Waals surface area contributed by atoms with Crippen LogP contribution in [0.1, 0.15) is 19.4 Å². The molecule has 1 unspecified atom stereocenters. The summed E-state index contributed by atoms with van der Waals surface area (Å²) in [6, 6.07) is 8.91. The Morgan fingerprint density at radius 1 is 1.29 bits per heavy atom. The van der Waals surface area contributed by atoms with E-state index in [0.717, 1.165) is 0 Å². The zero-order valence-electron chi connectivity index (χ0n) is 11.9. The normalized spacial score (nSPS) is 18.4. The van der Waals surface area contributed by atoms with Crippen molar-refractivity contribution >= 4 is 17.7 Å². The molecule has 21 heavy (non-hydrogen) atoms. The van der Waals surface area contributed by atoms with Crippen molar-refractivity contribution in [2.75, 3.05) is 6.61 Å². The van der Waals surface area contributed by atoms with Crippen LogP contribution in [0, 0.1) is 0 Å². The van der Waals surface area contributed by atoms with E-state index >= 15 is 0 Å². The van der Waals surface area contributed by atoms with Crippen molar-refractivity contribution in [1.82, 2.24) is 0 Å². The zero-order valence-corrected chi connectivity index (χ0v) is 11.9. The molecule has 1 heterocycles. The molecule has 1 aromatic carbocycles. The number of carbonyl (C=O) groups is 2. The molecule has 0 saturated carbocycles. The summed E-state index contributed by atoms with van der Waals surface area (Å²) in [5.74, 6) is -1.32. The van der Waals surface area contributed by atoms with Crippen LogP contribution in [-0.2, 0) is 23.8 Å². The molecular weight excluding hydrogens is 272 g/mol. The predicted octanol–water partition coefficient (Wildman–Crippen LogP) is 2.44. The van der Waals surface area contributed by atoms with E-state index in [1.807, 2.05) is 6.07 Å². The predicted molar refractivity (Wildman–Crippen MR) is 75.8 cm³/mol. The number of cyclic esters (lactones) is 1. The lowest BCUT2D eigenvalue weighted by atomic mass is 10.1. The van der Waals surface area contributed by atoms with Gasteiger partial charge in [-0.2, -0.15) is 0 Å². The molecule has 0 radical (unpaired) electrons. The Morgan fingerprint density at radius 3 is 2.62 bits per heavy atom. The standard InChI is InChI=1S/C16H16O5/c1-3-8-12-20-14(11-9-6-5-7-10-11)13(16(18)21-12)15(17)19-4-2/h3,5-10,12H,4H2,1-2H3/b8-3+. The van der Waals surface area contributed by atoms with Crippen molar-refractivity contribution in [3.8, 4) is 0 Å². The third-order valence-corrected chi connectivity index (χ3v) is 2.75. The summed E-state index contributed by atoms with van der Waals surface area (Å²) in [6.07, 6.45) is 2.44. The maximum absolute atomic E-state index is 12.1. The summed E-state index contributed by atoms with van der Waals surface area (Å²) in [4.78, 5) is 24.1. The highest BCUT2D eigenvalue weighted by Crippen LogP contribution is 2.29. The molecule has 1 atom stereocenters. The van der Waals surface area contributed by atoms with Crippen molar-refractivity contribution in [1.29, 1.82) is 0 Å². The lowest BCUT2D eigenvalue weighted by molar-refractivity contribution is -0.163. The molecule has 0 bridgehead atoms. The SMILES string of the molecule is C/C=C/C1OC(=O)C(C(=O)OCC)=C(c2ccccc2)O1. The highest BCUT2D eigenvalue weighted by molar-refractivity contribution is 6.19. The van der Waals surface area contributed by atoms with Crippen molar-refractivity contribution in [3.63, 3.8) is 0 Å². The fourth-order valence-electron chi connectivity index (χ4n) is 1.87. The van der Waals surface area contributed by atoms with Gasteiger partial charge in [-0.1, -0.05) is 36.4 Å². The molecule has 5 heteroatoms. The van der Waals surface area contributed by atoms with E-state index < -0.39 is 18.2 Å². The number of ether oxygens (including phenoxy) is 3. The number of benzene rings is 1. The minimum absolute atomic E-state index is 0.163. The third-order valence-electron chi connectivity index (χ3n) is 2.75. The van der Waals surface area contributed by atoms with Gasteiger partial charge in [0.2, 0.25) is 0 Å². The maximum Gasteiger partial charge on any atom is 0.352 e. The monoisotopic (exact) mass is 288 g/mol. The van der Waals surface area contributed by atoms with Crippen LogP contribution in [0.25, 0.3) is 5.76 Å². The maximum atomic E-state index is 12.1. The molecule has 0 aromatic heterocycles. The van der Waals surface area contributed by atoms with Crippen LogP contribution in [-0.4, -0.2) is 24.8 Å². The molecule has 0 saturated heterocycles. The van der Waals surface area contributed by atoms with E-state index in [1.165, 1.54) is 0 Å². The van der Waals surface area contributed by atoms with Crippen molar-refractivity contribution in [2.45, 2.75) is 20.1 Å². The molecule has 1 aliphatic rings. The van der Waals surface area contributed by atoms with Crippen molar-refractivity contribution in [2.24, 2.45) is 0 Å². The first-order chi connectivity index (χ1) is 10.2. The Morgan fingerprint density at radius 2 is 2.00 bits per heavy atom. The van der Waals surface area contributed by atoms with Gasteiger partial charge >= 0.3 is 11.9 Å². The number of rotatable bonds is 4. The average Bonchev–Trinajstić information content (AvgIpc) is 2.48. The van der Waals surface area contributed by atoms with Gasteiger partial charge in [-0.25, -0.2) is 9.59 Å². The molecule has 0 aliphatic carbocycles. The van der Waals surface area contributed by atoms with Crippen LogP contribution < -0.4 is 0 Å². The smallest absolute Gasteiger partial charge is 0.352 e. The molecule has 110 valence electrons. The van der Waals surface area contributed by atoms with E-state index in [0.29, 0.717) is 5.56 Å². The topological polar surface area (TPSA) is 61.8 Å². The molecular formula is C16H16O5. The van der Waals surface area contributed by atoms with Crippen molar-refractivity contribution in [3.05, 3.63) is 53.6 Å². The summed E-state index contributed by atoms with van der Waals surface area (Å²) < 4.78 is 15.6. The fraction of sp³-hybridized carbons (Fsp3) is 0.250. The Balaban J connectivity index is 2.49. The number of carbonyl (C=O) groups excluding carboxylic acids is 2. The van der Waals surface area contributed by atoms with E-state index in [-0.39, 0.29) is 17.9 Å². The lowest BCUT2D eigenvalue weighted by Gasteiger charge is -2.25. The molecule has 1 aliphatic heterocycles. The summed E-state index contributed by atoms with van der Waals surface area (Å²) >= 11 is 0. The first-order valence-electron chi connectivity index (χ1n) is 6.64. The van der Waals surface area contributed by atoms with E-state index in [9.17, 15) is 9.59 Å². The first kappa shape index (κ1) is 14.8. The lowest BCUT2D eigenvalue weighted by Crippen LogP contribution is -2.31. The number of hydrogen-bond donors (Lipinski definition) is 0. The van der Waals surface area contributed by atoms with Crippen molar-refractivity contribution < 1.29 is 23.8 Å². The number of esters is 2. The minimum Gasteiger partial charge on any atom is -0.462 e. The second kappa shape index (κ2) is 6.74. The quantitative estimate of drug-likeness (QED) is 0.484. The van der Waals surface area contributed by atoms with Gasteiger partial charge in [-0.05, 0) is 19.9 Å². The summed E-state index contributed by atoms with van der Waals surface area (Å²) in [5, 5.41) is 0. The van der Waals surface area contributed by atoms with E-state index in [1.54, 1.807) is 50.3 Å². The summed E-state index contributed by atoms with van der Waals surface area (Å²) in [5.41, 5.74) is 0.399. The van der Waals surface area contributed by atoms with Crippen LogP contribution in [0.2, 0.25) is 0 Å². The Labute approximate surface area is 122 Å². The molecule has 2 rings (SSSR count). The molecule has 0 N–H and O–H groups in total. The third kappa shape index (κ3) is 3.31. The Hall–Kier alpha value is -2.56. The molecule has 1 aromatic rings. The second-order valence-electron chi connectivity index (χ2n) is 4.21. The van der Waals surface area contributed by atoms with Crippen LogP contribution in [0.15, 0.2) is 48.1 Å². The molecule has 0 spiro atoms. The van der Waals surface area contributed by atoms with Gasteiger partial charge < -0.3 is 14.2 Å². The number of hydrogen-bond acceptors (Lipinski definition) is 5. The Kier molecular flexibility index (Phi) is 4.77. The van der Waals surface area contributed by atoms with Crippen LogP contribution in [0.4, 0.5) is 0 Å². The highest BCUT2D eigenvalue weighted by Gasteiger charge is 2.35. The minimum atomic E-state index is -0.851. The van der Waals surface area contributed by atoms with Gasteiger partial charge in [-0.15, -0.1) is 0 Å². The van der Waals surface area contributed by atoms with E-state index in [4.69, 9.17) is 14.2 Å². The largest absolute Gasteiger partial charge is 0.462 e. The Bertz CT molecular complexity index is 586. The fourth-order valence-corrected chi connectivity index (χ4v) is 1.87. The second-order valence-corrected chi connectivity index (χ2v) is 4.21.